The number of nitrogens with zero attached hydrogens (tertiary/aromatic N) is 1. The predicted molar refractivity (Wildman–Crippen MR) is 82.1 cm³/mol. The average molecular weight is 290 g/mol. The largest absolute Gasteiger partial charge is 0.366 e. The van der Waals surface area contributed by atoms with Crippen LogP contribution in [0.3, 0.4) is 0 Å². The number of hydrogen-bond acceptors (Lipinski definition) is 4. The van der Waals surface area contributed by atoms with Crippen LogP contribution in [0.25, 0.3) is 0 Å². The molecule has 21 heavy (non-hydrogen) atoms. The Morgan fingerprint density at radius 2 is 1.95 bits per heavy atom. The summed E-state index contributed by atoms with van der Waals surface area (Å²) in [6.45, 7) is 7.25. The Balaban J connectivity index is 2.09. The van der Waals surface area contributed by atoms with Gasteiger partial charge in [0.05, 0.1) is 5.54 Å². The van der Waals surface area contributed by atoms with Crippen molar-refractivity contribution in [2.24, 2.45) is 5.73 Å². The SMILES string of the molecule is CC(C)(C(=O)Nc1cccc(C(N)=O)c1)N1CCNCC1. The lowest BCUT2D eigenvalue weighted by Crippen LogP contribution is -2.58. The summed E-state index contributed by atoms with van der Waals surface area (Å²) in [5, 5.41) is 6.14. The minimum Gasteiger partial charge on any atom is -0.366 e. The topological polar surface area (TPSA) is 87.5 Å². The van der Waals surface area contributed by atoms with Crippen LogP contribution in [0.15, 0.2) is 24.3 Å². The van der Waals surface area contributed by atoms with E-state index in [1.54, 1.807) is 24.3 Å². The first kappa shape index (κ1) is 15.5. The molecule has 0 atom stereocenters. The molecule has 0 bridgehead atoms. The number of carbonyl (C=O) groups is 2. The smallest absolute Gasteiger partial charge is 0.248 e. The molecule has 0 unspecified atom stereocenters. The number of benzene rings is 1. The number of anilines is 1. The predicted octanol–water partition coefficient (Wildman–Crippen LogP) is 0.408. The molecule has 4 N–H and O–H groups in total. The average Bonchev–Trinajstić information content (AvgIpc) is 2.48. The Labute approximate surface area is 124 Å². The van der Waals surface area contributed by atoms with E-state index in [9.17, 15) is 9.59 Å². The van der Waals surface area contributed by atoms with Gasteiger partial charge in [0.25, 0.3) is 0 Å². The van der Waals surface area contributed by atoms with Gasteiger partial charge in [-0.1, -0.05) is 6.07 Å². The van der Waals surface area contributed by atoms with Crippen LogP contribution in [0.2, 0.25) is 0 Å². The van der Waals surface area contributed by atoms with Crippen molar-refractivity contribution in [2.45, 2.75) is 19.4 Å². The number of nitrogens with two attached hydrogens (primary N) is 1. The monoisotopic (exact) mass is 290 g/mol. The molecule has 0 spiro atoms. The second kappa shape index (κ2) is 6.24. The molecule has 1 aromatic rings. The molecule has 114 valence electrons. The van der Waals surface area contributed by atoms with E-state index in [0.29, 0.717) is 11.3 Å². The van der Waals surface area contributed by atoms with Crippen LogP contribution in [0, 0.1) is 0 Å². The van der Waals surface area contributed by atoms with E-state index in [1.807, 2.05) is 13.8 Å². The zero-order chi connectivity index (χ0) is 15.5. The number of rotatable bonds is 4. The second-order valence-electron chi connectivity index (χ2n) is 5.70. The van der Waals surface area contributed by atoms with E-state index >= 15 is 0 Å². The Kier molecular flexibility index (Phi) is 4.59. The van der Waals surface area contributed by atoms with Crippen molar-refractivity contribution in [2.75, 3.05) is 31.5 Å². The number of carbonyl (C=O) groups excluding carboxylic acids is 2. The molecule has 1 aliphatic heterocycles. The maximum atomic E-state index is 12.5. The van der Waals surface area contributed by atoms with Crippen LogP contribution in [0.5, 0.6) is 0 Å². The van der Waals surface area contributed by atoms with Crippen LogP contribution in [-0.4, -0.2) is 48.4 Å². The molecule has 0 saturated carbocycles. The van der Waals surface area contributed by atoms with Gasteiger partial charge in [-0.2, -0.15) is 0 Å². The first-order valence-electron chi connectivity index (χ1n) is 7.08. The normalized spacial score (nSPS) is 16.5. The highest BCUT2D eigenvalue weighted by Crippen LogP contribution is 2.19. The highest BCUT2D eigenvalue weighted by molar-refractivity contribution is 5.99. The second-order valence-corrected chi connectivity index (χ2v) is 5.70. The molecule has 1 saturated heterocycles. The summed E-state index contributed by atoms with van der Waals surface area (Å²) in [5.41, 5.74) is 5.61. The van der Waals surface area contributed by atoms with Gasteiger partial charge in [-0.15, -0.1) is 0 Å². The van der Waals surface area contributed by atoms with Crippen LogP contribution < -0.4 is 16.4 Å². The molecule has 6 nitrogen and oxygen atoms in total. The lowest BCUT2D eigenvalue weighted by atomic mass is 10.00. The van der Waals surface area contributed by atoms with Crippen molar-refractivity contribution in [3.8, 4) is 0 Å². The van der Waals surface area contributed by atoms with E-state index in [-0.39, 0.29) is 5.91 Å². The van der Waals surface area contributed by atoms with Gasteiger partial charge in [0.15, 0.2) is 0 Å². The van der Waals surface area contributed by atoms with Gasteiger partial charge in [-0.05, 0) is 32.0 Å². The standard InChI is InChI=1S/C15H22N4O2/c1-15(2,19-8-6-17-7-9-19)14(21)18-12-5-3-4-11(10-12)13(16)20/h3-5,10,17H,6-9H2,1-2H3,(H2,16,20)(H,18,21). The molecule has 0 radical (unpaired) electrons. The zero-order valence-corrected chi connectivity index (χ0v) is 12.5. The van der Waals surface area contributed by atoms with E-state index in [4.69, 9.17) is 5.73 Å². The third kappa shape index (κ3) is 3.59. The van der Waals surface area contributed by atoms with Gasteiger partial charge in [0.1, 0.15) is 0 Å². The third-order valence-corrected chi connectivity index (χ3v) is 3.87. The number of amides is 2. The summed E-state index contributed by atoms with van der Waals surface area (Å²) < 4.78 is 0. The Bertz CT molecular complexity index is 536. The molecular formula is C15H22N4O2. The number of hydrogen-bond donors (Lipinski definition) is 3. The molecule has 2 rings (SSSR count). The van der Waals surface area contributed by atoms with Gasteiger partial charge in [-0.25, -0.2) is 0 Å². The number of nitrogens with one attached hydrogen (secondary N) is 2. The minimum atomic E-state index is -0.606. The van der Waals surface area contributed by atoms with Crippen molar-refractivity contribution in [1.82, 2.24) is 10.2 Å². The number of piperazine rings is 1. The lowest BCUT2D eigenvalue weighted by molar-refractivity contribution is -0.126. The molecule has 0 aliphatic carbocycles. The molecular weight excluding hydrogens is 268 g/mol. The fourth-order valence-corrected chi connectivity index (χ4v) is 2.40. The van der Waals surface area contributed by atoms with Crippen LogP contribution in [0.1, 0.15) is 24.2 Å². The van der Waals surface area contributed by atoms with Crippen molar-refractivity contribution in [1.29, 1.82) is 0 Å². The highest BCUT2D eigenvalue weighted by Gasteiger charge is 2.35. The summed E-state index contributed by atoms with van der Waals surface area (Å²) in [4.78, 5) is 25.9. The van der Waals surface area contributed by atoms with Crippen LogP contribution in [0.4, 0.5) is 5.69 Å². The molecule has 1 aromatic carbocycles. The fourth-order valence-electron chi connectivity index (χ4n) is 2.40. The molecule has 6 heteroatoms. The van der Waals surface area contributed by atoms with E-state index < -0.39 is 11.4 Å². The maximum Gasteiger partial charge on any atom is 0.248 e. The van der Waals surface area contributed by atoms with Gasteiger partial charge in [-0.3, -0.25) is 14.5 Å². The van der Waals surface area contributed by atoms with Gasteiger partial charge >= 0.3 is 0 Å². The molecule has 1 aliphatic rings. The fraction of sp³-hybridized carbons (Fsp3) is 0.467. The van der Waals surface area contributed by atoms with E-state index in [1.165, 1.54) is 0 Å². The zero-order valence-electron chi connectivity index (χ0n) is 12.5. The third-order valence-electron chi connectivity index (χ3n) is 3.87. The van der Waals surface area contributed by atoms with Crippen molar-refractivity contribution < 1.29 is 9.59 Å². The van der Waals surface area contributed by atoms with Gasteiger partial charge in [0.2, 0.25) is 11.8 Å². The first-order chi connectivity index (χ1) is 9.91. The molecule has 0 aromatic heterocycles. The number of primary amides is 1. The quantitative estimate of drug-likeness (QED) is 0.749. The Morgan fingerprint density at radius 3 is 2.57 bits per heavy atom. The van der Waals surface area contributed by atoms with Crippen LogP contribution >= 0.6 is 0 Å². The summed E-state index contributed by atoms with van der Waals surface area (Å²) >= 11 is 0. The van der Waals surface area contributed by atoms with Crippen molar-refractivity contribution in [3.05, 3.63) is 29.8 Å². The summed E-state index contributed by atoms with van der Waals surface area (Å²) in [5.74, 6) is -0.599. The van der Waals surface area contributed by atoms with Gasteiger partial charge in [0, 0.05) is 37.4 Å². The molecule has 1 fully saturated rings. The summed E-state index contributed by atoms with van der Waals surface area (Å²) in [6.07, 6.45) is 0. The van der Waals surface area contributed by atoms with E-state index in [0.717, 1.165) is 26.2 Å². The Hall–Kier alpha value is -1.92. The Morgan fingerprint density at radius 1 is 1.29 bits per heavy atom. The minimum absolute atomic E-state index is 0.0916. The van der Waals surface area contributed by atoms with E-state index in [2.05, 4.69) is 15.5 Å². The van der Waals surface area contributed by atoms with Crippen molar-refractivity contribution >= 4 is 17.5 Å². The van der Waals surface area contributed by atoms with Gasteiger partial charge < -0.3 is 16.4 Å². The van der Waals surface area contributed by atoms with Crippen LogP contribution in [-0.2, 0) is 4.79 Å². The molecule has 2 amide bonds. The maximum absolute atomic E-state index is 12.5. The summed E-state index contributed by atoms with van der Waals surface area (Å²) in [6, 6.07) is 6.67. The van der Waals surface area contributed by atoms with Crippen molar-refractivity contribution in [3.63, 3.8) is 0 Å². The highest BCUT2D eigenvalue weighted by atomic mass is 16.2. The first-order valence-corrected chi connectivity index (χ1v) is 7.08. The lowest BCUT2D eigenvalue weighted by Gasteiger charge is -2.39. The summed E-state index contributed by atoms with van der Waals surface area (Å²) in [7, 11) is 0. The molecule has 1 heterocycles.